The van der Waals surface area contributed by atoms with Crippen molar-refractivity contribution in [1.82, 2.24) is 4.90 Å². The smallest absolute Gasteiger partial charge is 0.253 e. The lowest BCUT2D eigenvalue weighted by Gasteiger charge is -2.21. The van der Waals surface area contributed by atoms with Gasteiger partial charge in [-0.3, -0.25) is 4.79 Å². The normalized spacial score (nSPS) is 10.3. The van der Waals surface area contributed by atoms with Crippen LogP contribution in [0.25, 0.3) is 0 Å². The first-order valence-electron chi connectivity index (χ1n) is 6.79. The number of nitrogens with two attached hydrogens (primary N) is 1. The third-order valence-electron chi connectivity index (χ3n) is 3.19. The van der Waals surface area contributed by atoms with Crippen molar-refractivity contribution < 1.29 is 4.79 Å². The number of carbonyl (C=O) groups is 1. The quantitative estimate of drug-likeness (QED) is 0.634. The molecule has 106 valence electrons. The van der Waals surface area contributed by atoms with Crippen LogP contribution in [-0.4, -0.2) is 38.5 Å². The highest BCUT2D eigenvalue weighted by molar-refractivity contribution is 5.95. The van der Waals surface area contributed by atoms with Gasteiger partial charge in [0.05, 0.1) is 11.4 Å². The van der Waals surface area contributed by atoms with E-state index in [2.05, 4.69) is 11.8 Å². The second-order valence-corrected chi connectivity index (χ2v) is 5.10. The largest absolute Gasteiger partial charge is 0.397 e. The molecule has 19 heavy (non-hydrogen) atoms. The van der Waals surface area contributed by atoms with Gasteiger partial charge in [0.2, 0.25) is 0 Å². The van der Waals surface area contributed by atoms with Gasteiger partial charge in [0.1, 0.15) is 0 Å². The maximum Gasteiger partial charge on any atom is 0.253 e. The fourth-order valence-electron chi connectivity index (χ4n) is 2.01. The number of rotatable bonds is 6. The van der Waals surface area contributed by atoms with Gasteiger partial charge in [-0.1, -0.05) is 19.8 Å². The van der Waals surface area contributed by atoms with E-state index in [1.165, 1.54) is 12.8 Å². The van der Waals surface area contributed by atoms with Crippen LogP contribution in [0.15, 0.2) is 18.2 Å². The molecule has 1 amide bonds. The Morgan fingerprint density at radius 1 is 1.21 bits per heavy atom. The first-order valence-corrected chi connectivity index (χ1v) is 6.79. The SMILES string of the molecule is CCCCCN(C)c1ccc(C(=O)N(C)C)cc1N. The number of carbonyl (C=O) groups excluding carboxylic acids is 1. The third kappa shape index (κ3) is 4.16. The van der Waals surface area contributed by atoms with E-state index in [1.807, 2.05) is 19.2 Å². The summed E-state index contributed by atoms with van der Waals surface area (Å²) >= 11 is 0. The Morgan fingerprint density at radius 2 is 1.89 bits per heavy atom. The maximum atomic E-state index is 11.8. The molecule has 0 aliphatic carbocycles. The highest BCUT2D eigenvalue weighted by Crippen LogP contribution is 2.24. The third-order valence-corrected chi connectivity index (χ3v) is 3.19. The van der Waals surface area contributed by atoms with E-state index in [1.54, 1.807) is 25.1 Å². The first kappa shape index (κ1) is 15.3. The molecule has 1 aromatic carbocycles. The van der Waals surface area contributed by atoms with Crippen LogP contribution in [-0.2, 0) is 0 Å². The van der Waals surface area contributed by atoms with E-state index in [4.69, 9.17) is 5.73 Å². The molecule has 0 atom stereocenters. The van der Waals surface area contributed by atoms with Gasteiger partial charge in [-0.15, -0.1) is 0 Å². The van der Waals surface area contributed by atoms with Gasteiger partial charge >= 0.3 is 0 Å². The molecule has 0 aromatic heterocycles. The topological polar surface area (TPSA) is 49.6 Å². The number of amides is 1. The van der Waals surface area contributed by atoms with Gasteiger partial charge in [-0.05, 0) is 24.6 Å². The standard InChI is InChI=1S/C15H25N3O/c1-5-6-7-10-18(4)14-9-8-12(11-13(14)16)15(19)17(2)3/h8-9,11H,5-7,10,16H2,1-4H3. The van der Waals surface area contributed by atoms with Crippen LogP contribution in [0.1, 0.15) is 36.5 Å². The zero-order valence-corrected chi connectivity index (χ0v) is 12.4. The van der Waals surface area contributed by atoms with Crippen molar-refractivity contribution in [2.45, 2.75) is 26.2 Å². The molecule has 0 saturated heterocycles. The molecule has 0 heterocycles. The second-order valence-electron chi connectivity index (χ2n) is 5.10. The summed E-state index contributed by atoms with van der Waals surface area (Å²) < 4.78 is 0. The summed E-state index contributed by atoms with van der Waals surface area (Å²) in [5, 5.41) is 0. The molecule has 0 saturated carbocycles. The molecule has 2 N–H and O–H groups in total. The van der Waals surface area contributed by atoms with Crippen molar-refractivity contribution in [3.8, 4) is 0 Å². The summed E-state index contributed by atoms with van der Waals surface area (Å²) in [7, 11) is 5.52. The Morgan fingerprint density at radius 3 is 2.42 bits per heavy atom. The molecule has 0 spiro atoms. The van der Waals surface area contributed by atoms with E-state index in [0.717, 1.165) is 18.7 Å². The molecule has 4 heteroatoms. The van der Waals surface area contributed by atoms with Gasteiger partial charge < -0.3 is 15.5 Å². The zero-order chi connectivity index (χ0) is 14.4. The predicted octanol–water partition coefficient (Wildman–Crippen LogP) is 2.60. The lowest BCUT2D eigenvalue weighted by Crippen LogP contribution is -2.23. The predicted molar refractivity (Wildman–Crippen MR) is 81.7 cm³/mol. The van der Waals surface area contributed by atoms with Crippen molar-refractivity contribution in [2.75, 3.05) is 38.3 Å². The van der Waals surface area contributed by atoms with E-state index in [-0.39, 0.29) is 5.91 Å². The highest BCUT2D eigenvalue weighted by Gasteiger charge is 2.11. The molecule has 0 bridgehead atoms. The summed E-state index contributed by atoms with van der Waals surface area (Å²) in [5.41, 5.74) is 8.34. The number of nitrogen functional groups attached to an aromatic ring is 1. The number of anilines is 2. The van der Waals surface area contributed by atoms with Gasteiger partial charge in [0.15, 0.2) is 0 Å². The van der Waals surface area contributed by atoms with Gasteiger partial charge in [0.25, 0.3) is 5.91 Å². The number of nitrogens with zero attached hydrogens (tertiary/aromatic N) is 2. The van der Waals surface area contributed by atoms with Gasteiger partial charge in [-0.2, -0.15) is 0 Å². The Balaban J connectivity index is 2.79. The van der Waals surface area contributed by atoms with Crippen molar-refractivity contribution >= 4 is 17.3 Å². The minimum atomic E-state index is -0.0214. The number of benzene rings is 1. The number of hydrogen-bond acceptors (Lipinski definition) is 3. The monoisotopic (exact) mass is 263 g/mol. The number of hydrogen-bond donors (Lipinski definition) is 1. The zero-order valence-electron chi connectivity index (χ0n) is 12.4. The van der Waals surface area contributed by atoms with Crippen molar-refractivity contribution in [1.29, 1.82) is 0 Å². The molecule has 0 fully saturated rings. The Hall–Kier alpha value is -1.71. The Bertz CT molecular complexity index is 429. The molecular weight excluding hydrogens is 238 g/mol. The average molecular weight is 263 g/mol. The molecule has 4 nitrogen and oxygen atoms in total. The van der Waals surface area contributed by atoms with E-state index < -0.39 is 0 Å². The van der Waals surface area contributed by atoms with Crippen LogP contribution < -0.4 is 10.6 Å². The fourth-order valence-corrected chi connectivity index (χ4v) is 2.01. The lowest BCUT2D eigenvalue weighted by atomic mass is 10.1. The van der Waals surface area contributed by atoms with Crippen molar-refractivity contribution in [3.05, 3.63) is 23.8 Å². The Kier molecular flexibility index (Phi) is 5.67. The summed E-state index contributed by atoms with van der Waals surface area (Å²) in [6, 6.07) is 5.52. The van der Waals surface area contributed by atoms with E-state index >= 15 is 0 Å². The van der Waals surface area contributed by atoms with Crippen LogP contribution in [0.3, 0.4) is 0 Å². The molecule has 0 aliphatic heterocycles. The van der Waals surface area contributed by atoms with E-state index in [9.17, 15) is 4.79 Å². The van der Waals surface area contributed by atoms with E-state index in [0.29, 0.717) is 11.3 Å². The van der Waals surface area contributed by atoms with Crippen LogP contribution >= 0.6 is 0 Å². The van der Waals surface area contributed by atoms with Gasteiger partial charge in [-0.25, -0.2) is 0 Å². The van der Waals surface area contributed by atoms with Crippen molar-refractivity contribution in [3.63, 3.8) is 0 Å². The summed E-state index contributed by atoms with van der Waals surface area (Å²) in [6.07, 6.45) is 3.59. The molecule has 0 unspecified atom stereocenters. The molecule has 0 radical (unpaired) electrons. The second kappa shape index (κ2) is 7.02. The average Bonchev–Trinajstić information content (AvgIpc) is 2.37. The van der Waals surface area contributed by atoms with Crippen LogP contribution in [0.5, 0.6) is 0 Å². The van der Waals surface area contributed by atoms with Crippen LogP contribution in [0.4, 0.5) is 11.4 Å². The lowest BCUT2D eigenvalue weighted by molar-refractivity contribution is 0.0827. The molecule has 1 rings (SSSR count). The first-order chi connectivity index (χ1) is 8.97. The fraction of sp³-hybridized carbons (Fsp3) is 0.533. The van der Waals surface area contributed by atoms with Gasteiger partial charge in [0, 0.05) is 33.3 Å². The van der Waals surface area contributed by atoms with Crippen LogP contribution in [0.2, 0.25) is 0 Å². The molecule has 1 aromatic rings. The minimum Gasteiger partial charge on any atom is -0.397 e. The summed E-state index contributed by atoms with van der Waals surface area (Å²) in [4.78, 5) is 15.5. The molecule has 0 aliphatic rings. The summed E-state index contributed by atoms with van der Waals surface area (Å²) in [5.74, 6) is -0.0214. The maximum absolute atomic E-state index is 11.8. The van der Waals surface area contributed by atoms with Crippen LogP contribution in [0, 0.1) is 0 Å². The number of unbranched alkanes of at least 4 members (excludes halogenated alkanes) is 2. The molecular formula is C15H25N3O. The Labute approximate surface area is 116 Å². The minimum absolute atomic E-state index is 0.0214. The van der Waals surface area contributed by atoms with Crippen molar-refractivity contribution in [2.24, 2.45) is 0 Å². The summed E-state index contributed by atoms with van der Waals surface area (Å²) in [6.45, 7) is 3.18. The highest BCUT2D eigenvalue weighted by atomic mass is 16.2.